The highest BCUT2D eigenvalue weighted by molar-refractivity contribution is 7.92. The Morgan fingerprint density at radius 1 is 0.914 bits per heavy atom. The fourth-order valence-electron chi connectivity index (χ4n) is 4.25. The molecule has 11 heteroatoms. The van der Waals surface area contributed by atoms with Gasteiger partial charge in [-0.1, -0.05) is 12.1 Å². The maximum Gasteiger partial charge on any atom is 0.254 e. The number of ether oxygens (including phenoxy) is 1. The van der Waals surface area contributed by atoms with Crippen LogP contribution in [0.5, 0.6) is 0 Å². The van der Waals surface area contributed by atoms with E-state index in [0.29, 0.717) is 69.4 Å². The maximum absolute atomic E-state index is 14.1. The van der Waals surface area contributed by atoms with Crippen LogP contribution in [0.3, 0.4) is 0 Å². The van der Waals surface area contributed by atoms with Gasteiger partial charge in [-0.2, -0.15) is 0 Å². The Bertz CT molecular complexity index is 1160. The van der Waals surface area contributed by atoms with Gasteiger partial charge < -0.3 is 19.4 Å². The van der Waals surface area contributed by atoms with Crippen LogP contribution in [0.4, 0.5) is 15.8 Å². The zero-order valence-corrected chi connectivity index (χ0v) is 20.4. The van der Waals surface area contributed by atoms with Crippen LogP contribution in [0.15, 0.2) is 48.5 Å². The topological polar surface area (TPSA) is 90.5 Å². The smallest absolute Gasteiger partial charge is 0.254 e. The standard InChI is InChI=1S/C24H29FN4O5S/c1-35(32,33)29(20-8-6-19(7-9-20)24(31)28-14-16-34-17-15-28)18-23(30)27-12-10-26(11-13-27)22-5-3-2-4-21(22)25/h2-9H,10-18H2,1H3. The molecule has 4 rings (SSSR count). The van der Waals surface area contributed by atoms with E-state index in [2.05, 4.69) is 0 Å². The summed E-state index contributed by atoms with van der Waals surface area (Å²) >= 11 is 0. The molecule has 0 spiro atoms. The summed E-state index contributed by atoms with van der Waals surface area (Å²) < 4.78 is 45.4. The molecule has 0 unspecified atom stereocenters. The van der Waals surface area contributed by atoms with E-state index in [1.807, 2.05) is 4.90 Å². The average Bonchev–Trinajstić information content (AvgIpc) is 2.87. The zero-order chi connectivity index (χ0) is 25.0. The number of hydrogen-bond donors (Lipinski definition) is 0. The summed E-state index contributed by atoms with van der Waals surface area (Å²) in [6.45, 7) is 3.26. The monoisotopic (exact) mass is 504 g/mol. The lowest BCUT2D eigenvalue weighted by Gasteiger charge is -2.37. The number of anilines is 2. The van der Waals surface area contributed by atoms with Crippen LogP contribution in [0.25, 0.3) is 0 Å². The number of piperazine rings is 1. The molecular weight excluding hydrogens is 475 g/mol. The van der Waals surface area contributed by atoms with Crippen molar-refractivity contribution in [2.75, 3.05) is 74.5 Å². The van der Waals surface area contributed by atoms with Gasteiger partial charge in [0.15, 0.2) is 0 Å². The lowest BCUT2D eigenvalue weighted by atomic mass is 10.1. The summed E-state index contributed by atoms with van der Waals surface area (Å²) in [7, 11) is -3.75. The number of benzene rings is 2. The number of carbonyl (C=O) groups is 2. The Morgan fingerprint density at radius 2 is 1.54 bits per heavy atom. The highest BCUT2D eigenvalue weighted by Crippen LogP contribution is 2.22. The third-order valence-electron chi connectivity index (χ3n) is 6.21. The first-order valence-corrected chi connectivity index (χ1v) is 13.3. The number of nitrogens with zero attached hydrogens (tertiary/aromatic N) is 4. The lowest BCUT2D eigenvalue weighted by molar-refractivity contribution is -0.129. The maximum atomic E-state index is 14.1. The summed E-state index contributed by atoms with van der Waals surface area (Å²) in [5, 5.41) is 0. The van der Waals surface area contributed by atoms with E-state index < -0.39 is 10.0 Å². The van der Waals surface area contributed by atoms with Crippen molar-refractivity contribution >= 4 is 33.2 Å². The average molecular weight is 505 g/mol. The molecule has 0 aromatic heterocycles. The van der Waals surface area contributed by atoms with Gasteiger partial charge in [-0.25, -0.2) is 12.8 Å². The molecule has 0 bridgehead atoms. The van der Waals surface area contributed by atoms with Gasteiger partial charge in [0, 0.05) is 44.8 Å². The second-order valence-electron chi connectivity index (χ2n) is 8.54. The Morgan fingerprint density at radius 3 is 2.14 bits per heavy atom. The Labute approximate surface area is 204 Å². The second kappa shape index (κ2) is 10.6. The van der Waals surface area contributed by atoms with Gasteiger partial charge in [-0.15, -0.1) is 0 Å². The van der Waals surface area contributed by atoms with Crippen molar-refractivity contribution < 1.29 is 27.1 Å². The van der Waals surface area contributed by atoms with E-state index in [1.54, 1.807) is 40.1 Å². The van der Waals surface area contributed by atoms with Crippen molar-refractivity contribution in [1.29, 1.82) is 0 Å². The molecule has 0 radical (unpaired) electrons. The molecule has 0 N–H and O–H groups in total. The normalized spacial score (nSPS) is 16.8. The molecule has 2 heterocycles. The third kappa shape index (κ3) is 5.91. The van der Waals surface area contributed by atoms with Crippen molar-refractivity contribution in [3.63, 3.8) is 0 Å². The number of amides is 2. The fraction of sp³-hybridized carbons (Fsp3) is 0.417. The Hall–Kier alpha value is -3.18. The highest BCUT2D eigenvalue weighted by Gasteiger charge is 2.28. The van der Waals surface area contributed by atoms with Gasteiger partial charge in [-0.3, -0.25) is 13.9 Å². The van der Waals surface area contributed by atoms with Gasteiger partial charge >= 0.3 is 0 Å². The molecule has 188 valence electrons. The van der Waals surface area contributed by atoms with E-state index in [-0.39, 0.29) is 24.2 Å². The SMILES string of the molecule is CS(=O)(=O)N(CC(=O)N1CCN(c2ccccc2F)CC1)c1ccc(C(=O)N2CCOCC2)cc1. The summed E-state index contributed by atoms with van der Waals surface area (Å²) in [5.41, 5.74) is 1.24. The molecule has 2 aromatic rings. The zero-order valence-electron chi connectivity index (χ0n) is 19.6. The molecule has 2 aliphatic heterocycles. The van der Waals surface area contributed by atoms with Crippen molar-refractivity contribution in [3.8, 4) is 0 Å². The number of carbonyl (C=O) groups excluding carboxylic acids is 2. The number of hydrogen-bond acceptors (Lipinski definition) is 6. The van der Waals surface area contributed by atoms with Gasteiger partial charge in [0.2, 0.25) is 15.9 Å². The van der Waals surface area contributed by atoms with Crippen LogP contribution < -0.4 is 9.21 Å². The summed E-state index contributed by atoms with van der Waals surface area (Å²) in [6.07, 6.45) is 1.04. The van der Waals surface area contributed by atoms with Gasteiger partial charge in [0.05, 0.1) is 30.8 Å². The number of rotatable bonds is 6. The van der Waals surface area contributed by atoms with Crippen LogP contribution in [0, 0.1) is 5.82 Å². The minimum atomic E-state index is -3.75. The number of halogens is 1. The molecule has 2 amide bonds. The van der Waals surface area contributed by atoms with Gasteiger partial charge in [0.25, 0.3) is 5.91 Å². The predicted molar refractivity (Wildman–Crippen MR) is 131 cm³/mol. The fourth-order valence-corrected chi connectivity index (χ4v) is 5.10. The minimum Gasteiger partial charge on any atom is -0.378 e. The van der Waals surface area contributed by atoms with E-state index in [4.69, 9.17) is 4.74 Å². The number of para-hydroxylation sites is 1. The summed E-state index contributed by atoms with van der Waals surface area (Å²) in [5.74, 6) is -0.794. The Balaban J connectivity index is 1.41. The number of sulfonamides is 1. The highest BCUT2D eigenvalue weighted by atomic mass is 32.2. The van der Waals surface area contributed by atoms with Crippen molar-refractivity contribution in [2.45, 2.75) is 0 Å². The number of morpholine rings is 1. The van der Waals surface area contributed by atoms with Crippen molar-refractivity contribution in [1.82, 2.24) is 9.80 Å². The molecule has 35 heavy (non-hydrogen) atoms. The molecule has 2 saturated heterocycles. The molecule has 0 atom stereocenters. The third-order valence-corrected chi connectivity index (χ3v) is 7.35. The van der Waals surface area contributed by atoms with Crippen molar-refractivity contribution in [2.24, 2.45) is 0 Å². The van der Waals surface area contributed by atoms with E-state index >= 15 is 0 Å². The van der Waals surface area contributed by atoms with Crippen molar-refractivity contribution in [3.05, 3.63) is 59.9 Å². The van der Waals surface area contributed by atoms with Crippen LogP contribution in [-0.4, -0.2) is 95.3 Å². The van der Waals surface area contributed by atoms with Gasteiger partial charge in [0.1, 0.15) is 12.4 Å². The van der Waals surface area contributed by atoms with Crippen LogP contribution in [0.1, 0.15) is 10.4 Å². The predicted octanol–water partition coefficient (Wildman–Crippen LogP) is 1.41. The summed E-state index contributed by atoms with van der Waals surface area (Å²) in [6, 6.07) is 12.7. The van der Waals surface area contributed by atoms with E-state index in [1.165, 1.54) is 18.2 Å². The molecule has 2 aromatic carbocycles. The molecule has 0 saturated carbocycles. The van der Waals surface area contributed by atoms with Crippen LogP contribution in [-0.2, 0) is 19.6 Å². The molecule has 0 aliphatic carbocycles. The van der Waals surface area contributed by atoms with Gasteiger partial charge in [-0.05, 0) is 36.4 Å². The summed E-state index contributed by atoms with van der Waals surface area (Å²) in [4.78, 5) is 30.8. The van der Waals surface area contributed by atoms with Crippen LogP contribution >= 0.6 is 0 Å². The minimum absolute atomic E-state index is 0.144. The molecular formula is C24H29FN4O5S. The second-order valence-corrected chi connectivity index (χ2v) is 10.4. The first-order valence-electron chi connectivity index (χ1n) is 11.5. The first kappa shape index (κ1) is 24.9. The lowest BCUT2D eigenvalue weighted by Crippen LogP contribution is -2.52. The first-order chi connectivity index (χ1) is 16.7. The Kier molecular flexibility index (Phi) is 7.56. The van der Waals surface area contributed by atoms with E-state index in [0.717, 1.165) is 10.6 Å². The quantitative estimate of drug-likeness (QED) is 0.591. The molecule has 2 fully saturated rings. The largest absolute Gasteiger partial charge is 0.378 e. The molecule has 9 nitrogen and oxygen atoms in total. The molecule has 2 aliphatic rings. The van der Waals surface area contributed by atoms with Crippen LogP contribution in [0.2, 0.25) is 0 Å². The van der Waals surface area contributed by atoms with E-state index in [9.17, 15) is 22.4 Å².